The summed E-state index contributed by atoms with van der Waals surface area (Å²) >= 11 is 0. The molecule has 8 heteroatoms. The van der Waals surface area contributed by atoms with Gasteiger partial charge in [0.05, 0.1) is 5.69 Å². The minimum atomic E-state index is -1.69. The molecule has 1 aromatic heterocycles. The number of amides is 2. The molecule has 0 aliphatic heterocycles. The normalized spacial score (nSPS) is 10.4. The summed E-state index contributed by atoms with van der Waals surface area (Å²) in [4.78, 5) is 28.4. The lowest BCUT2D eigenvalue weighted by molar-refractivity contribution is 0.0949. The Labute approximate surface area is 164 Å². The van der Waals surface area contributed by atoms with E-state index in [0.717, 1.165) is 11.6 Å². The number of benzene rings is 2. The number of nitrogens with zero attached hydrogens (tertiary/aromatic N) is 1. The van der Waals surface area contributed by atoms with Crippen molar-refractivity contribution in [3.63, 3.8) is 0 Å². The molecule has 0 spiro atoms. The van der Waals surface area contributed by atoms with Crippen LogP contribution in [-0.4, -0.2) is 23.3 Å². The summed E-state index contributed by atoms with van der Waals surface area (Å²) in [5.41, 5.74) is 0.345. The summed E-state index contributed by atoms with van der Waals surface area (Å²) in [6.07, 6.45) is 0.627. The zero-order valence-corrected chi connectivity index (χ0v) is 15.1. The predicted molar refractivity (Wildman–Crippen MR) is 101 cm³/mol. The number of nitrogens with one attached hydrogen (secondary N) is 2. The molecular weight excluding hydrogens is 383 g/mol. The molecule has 2 amide bonds. The molecule has 29 heavy (non-hydrogen) atoms. The van der Waals surface area contributed by atoms with Gasteiger partial charge in [0.1, 0.15) is 11.4 Å². The van der Waals surface area contributed by atoms with Crippen molar-refractivity contribution in [3.05, 3.63) is 95.1 Å². The summed E-state index contributed by atoms with van der Waals surface area (Å²) in [5, 5.41) is 4.81. The molecule has 0 aliphatic rings. The minimum absolute atomic E-state index is 0.00327. The lowest BCUT2D eigenvalue weighted by Gasteiger charge is -2.08. The first-order valence-electron chi connectivity index (χ1n) is 8.69. The van der Waals surface area contributed by atoms with Gasteiger partial charge in [-0.3, -0.25) is 9.59 Å². The van der Waals surface area contributed by atoms with Crippen molar-refractivity contribution in [3.8, 4) is 0 Å². The predicted octanol–water partition coefficient (Wildman–Crippen LogP) is 3.72. The van der Waals surface area contributed by atoms with Gasteiger partial charge in [-0.15, -0.1) is 0 Å². The Morgan fingerprint density at radius 3 is 2.21 bits per heavy atom. The summed E-state index contributed by atoms with van der Waals surface area (Å²) in [6, 6.07) is 15.3. The SMILES string of the molecule is O=C(NCCc1ccccc1)c1cccc(C(=O)Nc2ccc(F)c(F)c2F)n1. The third kappa shape index (κ3) is 4.98. The van der Waals surface area contributed by atoms with Gasteiger partial charge >= 0.3 is 0 Å². The van der Waals surface area contributed by atoms with Gasteiger partial charge in [-0.25, -0.2) is 18.2 Å². The van der Waals surface area contributed by atoms with Crippen molar-refractivity contribution in [1.29, 1.82) is 0 Å². The summed E-state index contributed by atoms with van der Waals surface area (Å²) in [7, 11) is 0. The summed E-state index contributed by atoms with van der Waals surface area (Å²) in [6.45, 7) is 0.376. The fourth-order valence-electron chi connectivity index (χ4n) is 2.55. The summed E-state index contributed by atoms with van der Waals surface area (Å²) in [5.74, 6) is -5.92. The molecule has 0 aliphatic carbocycles. The zero-order valence-electron chi connectivity index (χ0n) is 15.1. The van der Waals surface area contributed by atoms with E-state index >= 15 is 0 Å². The van der Waals surface area contributed by atoms with Crippen LogP contribution in [0.25, 0.3) is 0 Å². The highest BCUT2D eigenvalue weighted by Gasteiger charge is 2.17. The Morgan fingerprint density at radius 1 is 0.793 bits per heavy atom. The molecule has 0 fully saturated rings. The van der Waals surface area contributed by atoms with Gasteiger partial charge in [-0.05, 0) is 36.2 Å². The molecule has 0 bridgehead atoms. The average molecular weight is 399 g/mol. The number of anilines is 1. The van der Waals surface area contributed by atoms with Crippen LogP contribution < -0.4 is 10.6 Å². The number of carbonyl (C=O) groups excluding carboxylic acids is 2. The molecule has 2 N–H and O–H groups in total. The van der Waals surface area contributed by atoms with Gasteiger partial charge in [-0.1, -0.05) is 36.4 Å². The second kappa shape index (κ2) is 9.01. The molecule has 0 atom stereocenters. The Balaban J connectivity index is 1.64. The molecule has 0 radical (unpaired) electrons. The van der Waals surface area contributed by atoms with E-state index in [0.29, 0.717) is 19.0 Å². The number of rotatable bonds is 6. The molecular formula is C21H16F3N3O2. The van der Waals surface area contributed by atoms with E-state index in [2.05, 4.69) is 15.6 Å². The van der Waals surface area contributed by atoms with Crippen molar-refractivity contribution in [2.45, 2.75) is 6.42 Å². The topological polar surface area (TPSA) is 71.1 Å². The molecule has 1 heterocycles. The Hall–Kier alpha value is -3.68. The largest absolute Gasteiger partial charge is 0.350 e. The van der Waals surface area contributed by atoms with E-state index in [-0.39, 0.29) is 11.4 Å². The fraction of sp³-hybridized carbons (Fsp3) is 0.0952. The van der Waals surface area contributed by atoms with E-state index in [4.69, 9.17) is 0 Å². The van der Waals surface area contributed by atoms with Gasteiger partial charge in [-0.2, -0.15) is 0 Å². The monoisotopic (exact) mass is 399 g/mol. The smallest absolute Gasteiger partial charge is 0.274 e. The molecule has 0 saturated heterocycles. The lowest BCUT2D eigenvalue weighted by Crippen LogP contribution is -2.27. The maximum Gasteiger partial charge on any atom is 0.274 e. The van der Waals surface area contributed by atoms with Crippen LogP contribution in [0, 0.1) is 17.5 Å². The van der Waals surface area contributed by atoms with Crippen molar-refractivity contribution >= 4 is 17.5 Å². The Morgan fingerprint density at radius 2 is 1.48 bits per heavy atom. The van der Waals surface area contributed by atoms with Crippen LogP contribution in [0.4, 0.5) is 18.9 Å². The zero-order chi connectivity index (χ0) is 20.8. The van der Waals surface area contributed by atoms with Crippen LogP contribution >= 0.6 is 0 Å². The fourth-order valence-corrected chi connectivity index (χ4v) is 2.55. The second-order valence-corrected chi connectivity index (χ2v) is 6.08. The standard InChI is InChI=1S/C21H16F3N3O2/c22-14-9-10-15(19(24)18(14)23)27-21(29)17-8-4-7-16(26-17)20(28)25-12-11-13-5-2-1-3-6-13/h1-10H,11-12H2,(H,25,28)(H,27,29). The van der Waals surface area contributed by atoms with Crippen molar-refractivity contribution in [2.75, 3.05) is 11.9 Å². The van der Waals surface area contributed by atoms with Crippen molar-refractivity contribution < 1.29 is 22.8 Å². The van der Waals surface area contributed by atoms with Crippen LogP contribution in [0.5, 0.6) is 0 Å². The first-order valence-corrected chi connectivity index (χ1v) is 8.69. The van der Waals surface area contributed by atoms with E-state index < -0.39 is 35.0 Å². The van der Waals surface area contributed by atoms with Crippen LogP contribution in [0.2, 0.25) is 0 Å². The first kappa shape index (κ1) is 20.1. The molecule has 3 aromatic rings. The average Bonchev–Trinajstić information content (AvgIpc) is 2.75. The van der Waals surface area contributed by atoms with Gasteiger partial charge in [0.25, 0.3) is 11.8 Å². The van der Waals surface area contributed by atoms with Crippen molar-refractivity contribution in [1.82, 2.24) is 10.3 Å². The van der Waals surface area contributed by atoms with Gasteiger partial charge in [0.15, 0.2) is 17.5 Å². The third-order valence-electron chi connectivity index (χ3n) is 4.04. The van der Waals surface area contributed by atoms with Crippen LogP contribution in [0.3, 0.4) is 0 Å². The van der Waals surface area contributed by atoms with Crippen LogP contribution in [-0.2, 0) is 6.42 Å². The number of pyridine rings is 1. The summed E-state index contributed by atoms with van der Waals surface area (Å²) < 4.78 is 40.0. The molecule has 2 aromatic carbocycles. The van der Waals surface area contributed by atoms with E-state index in [1.54, 1.807) is 0 Å². The van der Waals surface area contributed by atoms with Gasteiger partial charge in [0, 0.05) is 6.54 Å². The van der Waals surface area contributed by atoms with E-state index in [9.17, 15) is 22.8 Å². The number of hydrogen-bond acceptors (Lipinski definition) is 3. The van der Waals surface area contributed by atoms with Crippen LogP contribution in [0.1, 0.15) is 26.5 Å². The van der Waals surface area contributed by atoms with Gasteiger partial charge in [0.2, 0.25) is 0 Å². The molecule has 0 unspecified atom stereocenters. The quantitative estimate of drug-likeness (QED) is 0.621. The maximum atomic E-state index is 13.7. The lowest BCUT2D eigenvalue weighted by atomic mass is 10.1. The van der Waals surface area contributed by atoms with Crippen LogP contribution in [0.15, 0.2) is 60.7 Å². The van der Waals surface area contributed by atoms with Gasteiger partial charge < -0.3 is 10.6 Å². The first-order chi connectivity index (χ1) is 14.0. The minimum Gasteiger partial charge on any atom is -0.350 e. The highest BCUT2D eigenvalue weighted by Crippen LogP contribution is 2.20. The molecule has 148 valence electrons. The highest BCUT2D eigenvalue weighted by molar-refractivity contribution is 6.03. The molecule has 0 saturated carbocycles. The number of hydrogen-bond donors (Lipinski definition) is 2. The number of carbonyl (C=O) groups is 2. The maximum absolute atomic E-state index is 13.7. The third-order valence-corrected chi connectivity index (χ3v) is 4.04. The molecule has 3 rings (SSSR count). The van der Waals surface area contributed by atoms with E-state index in [1.165, 1.54) is 18.2 Å². The van der Waals surface area contributed by atoms with E-state index in [1.807, 2.05) is 30.3 Å². The highest BCUT2D eigenvalue weighted by atomic mass is 19.2. The Bertz CT molecular complexity index is 1040. The Kier molecular flexibility index (Phi) is 6.23. The van der Waals surface area contributed by atoms with Crippen molar-refractivity contribution in [2.24, 2.45) is 0 Å². The number of aromatic nitrogens is 1. The second-order valence-electron chi connectivity index (χ2n) is 6.08. The number of halogens is 3. The molecule has 5 nitrogen and oxygen atoms in total.